The van der Waals surface area contributed by atoms with E-state index in [1.54, 1.807) is 18.4 Å². The number of fused-ring (bicyclic) bond motifs is 1. The largest absolute Gasteiger partial charge is 0.496 e. The summed E-state index contributed by atoms with van der Waals surface area (Å²) in [5, 5.41) is 3.10. The summed E-state index contributed by atoms with van der Waals surface area (Å²) in [5.41, 5.74) is 2.12. The highest BCUT2D eigenvalue weighted by Crippen LogP contribution is 2.42. The van der Waals surface area contributed by atoms with Gasteiger partial charge < -0.3 is 4.74 Å². The Kier molecular flexibility index (Phi) is 4.01. The third-order valence-electron chi connectivity index (χ3n) is 3.27. The van der Waals surface area contributed by atoms with Gasteiger partial charge in [-0.25, -0.2) is 0 Å². The minimum Gasteiger partial charge on any atom is -0.496 e. The van der Waals surface area contributed by atoms with Gasteiger partial charge in [0.1, 0.15) is 5.75 Å². The van der Waals surface area contributed by atoms with Crippen molar-refractivity contribution in [3.8, 4) is 5.75 Å². The maximum absolute atomic E-state index is 6.70. The van der Waals surface area contributed by atoms with Gasteiger partial charge in [0.2, 0.25) is 0 Å². The summed E-state index contributed by atoms with van der Waals surface area (Å²) in [6.07, 6.45) is 0. The fraction of sp³-hybridized carbons (Fsp3) is 0.125. The first-order valence-corrected chi connectivity index (χ1v) is 8.26. The van der Waals surface area contributed by atoms with Gasteiger partial charge in [-0.05, 0) is 44.4 Å². The smallest absolute Gasteiger partial charge is 0.123 e. The summed E-state index contributed by atoms with van der Waals surface area (Å²) in [5.74, 6) is 0.821. The second-order valence-corrected chi connectivity index (χ2v) is 6.58. The molecule has 0 radical (unpaired) electrons. The normalized spacial score (nSPS) is 12.6. The average Bonchev–Trinajstić information content (AvgIpc) is 2.92. The molecule has 0 aliphatic rings. The maximum Gasteiger partial charge on any atom is 0.123 e. The van der Waals surface area contributed by atoms with Crippen LogP contribution in [0.25, 0.3) is 10.1 Å². The van der Waals surface area contributed by atoms with Crippen LogP contribution in [-0.2, 0) is 0 Å². The van der Waals surface area contributed by atoms with Crippen molar-refractivity contribution in [3.05, 3.63) is 63.4 Å². The SMILES string of the molecule is COc1ccccc1C(Cl)c1csc2c(Br)cccc12. The highest BCUT2D eigenvalue weighted by Gasteiger charge is 2.19. The van der Waals surface area contributed by atoms with Gasteiger partial charge in [0.05, 0.1) is 12.5 Å². The van der Waals surface area contributed by atoms with E-state index in [1.807, 2.05) is 30.3 Å². The molecular weight excluding hydrogens is 356 g/mol. The molecule has 102 valence electrons. The van der Waals surface area contributed by atoms with E-state index in [9.17, 15) is 0 Å². The molecule has 1 nitrogen and oxygen atoms in total. The van der Waals surface area contributed by atoms with Crippen LogP contribution >= 0.6 is 38.9 Å². The number of hydrogen-bond acceptors (Lipinski definition) is 2. The Morgan fingerprint density at radius 1 is 1.10 bits per heavy atom. The molecule has 1 unspecified atom stereocenters. The monoisotopic (exact) mass is 366 g/mol. The molecule has 0 aliphatic heterocycles. The molecule has 0 saturated carbocycles. The lowest BCUT2D eigenvalue weighted by Crippen LogP contribution is -1.96. The summed E-state index contributed by atoms with van der Waals surface area (Å²) >= 11 is 12.0. The zero-order valence-electron chi connectivity index (χ0n) is 10.8. The van der Waals surface area contributed by atoms with Crippen LogP contribution < -0.4 is 4.74 Å². The van der Waals surface area contributed by atoms with E-state index >= 15 is 0 Å². The molecule has 0 saturated heterocycles. The molecule has 0 bridgehead atoms. The topological polar surface area (TPSA) is 9.23 Å². The standard InChI is InChI=1S/C16H12BrClOS/c1-19-14-8-3-2-5-11(14)15(18)12-9-20-16-10(12)6-4-7-13(16)17/h2-9,15H,1H3. The number of methoxy groups -OCH3 is 1. The summed E-state index contributed by atoms with van der Waals surface area (Å²) in [6.45, 7) is 0. The summed E-state index contributed by atoms with van der Waals surface area (Å²) in [4.78, 5) is 0. The van der Waals surface area contributed by atoms with Gasteiger partial charge in [0, 0.05) is 14.7 Å². The minimum atomic E-state index is -0.214. The predicted octanol–water partition coefficient (Wildman–Crippen LogP) is 6.00. The quantitative estimate of drug-likeness (QED) is 0.516. The minimum absolute atomic E-state index is 0.214. The lowest BCUT2D eigenvalue weighted by Gasteiger charge is -2.13. The van der Waals surface area contributed by atoms with E-state index in [1.165, 1.54) is 10.1 Å². The third-order valence-corrected chi connectivity index (χ3v) is 5.71. The van der Waals surface area contributed by atoms with Crippen LogP contribution in [0.15, 0.2) is 52.3 Å². The van der Waals surface area contributed by atoms with E-state index in [-0.39, 0.29) is 5.38 Å². The lowest BCUT2D eigenvalue weighted by atomic mass is 10.0. The van der Waals surface area contributed by atoms with Gasteiger partial charge in [0.25, 0.3) is 0 Å². The van der Waals surface area contributed by atoms with Crippen LogP contribution in [-0.4, -0.2) is 7.11 Å². The molecule has 2 aromatic carbocycles. The predicted molar refractivity (Wildman–Crippen MR) is 90.2 cm³/mol. The van der Waals surface area contributed by atoms with Crippen molar-refractivity contribution in [3.63, 3.8) is 0 Å². The van der Waals surface area contributed by atoms with E-state index in [4.69, 9.17) is 16.3 Å². The molecule has 20 heavy (non-hydrogen) atoms. The van der Waals surface area contributed by atoms with Crippen molar-refractivity contribution in [2.24, 2.45) is 0 Å². The highest BCUT2D eigenvalue weighted by atomic mass is 79.9. The molecule has 3 rings (SSSR count). The number of ether oxygens (including phenoxy) is 1. The fourth-order valence-electron chi connectivity index (χ4n) is 2.28. The van der Waals surface area contributed by atoms with Gasteiger partial charge in [-0.2, -0.15) is 0 Å². The first-order valence-electron chi connectivity index (χ1n) is 6.15. The molecular formula is C16H12BrClOS. The van der Waals surface area contributed by atoms with Gasteiger partial charge >= 0.3 is 0 Å². The summed E-state index contributed by atoms with van der Waals surface area (Å²) in [6, 6.07) is 14.1. The second-order valence-electron chi connectivity index (χ2n) is 4.41. The number of hydrogen-bond donors (Lipinski definition) is 0. The summed E-state index contributed by atoms with van der Waals surface area (Å²) in [7, 11) is 1.67. The van der Waals surface area contributed by atoms with Gasteiger partial charge in [-0.3, -0.25) is 0 Å². The highest BCUT2D eigenvalue weighted by molar-refractivity contribution is 9.10. The van der Waals surface area contributed by atoms with E-state index < -0.39 is 0 Å². The van der Waals surface area contributed by atoms with Gasteiger partial charge in [-0.15, -0.1) is 22.9 Å². The van der Waals surface area contributed by atoms with Crippen LogP contribution in [0.3, 0.4) is 0 Å². The van der Waals surface area contributed by atoms with Crippen LogP contribution in [0.2, 0.25) is 0 Å². The lowest BCUT2D eigenvalue weighted by molar-refractivity contribution is 0.410. The zero-order chi connectivity index (χ0) is 14.1. The molecule has 0 N–H and O–H groups in total. The van der Waals surface area contributed by atoms with E-state index in [0.717, 1.165) is 21.3 Å². The number of para-hydroxylation sites is 1. The molecule has 0 aliphatic carbocycles. The Morgan fingerprint density at radius 2 is 1.90 bits per heavy atom. The van der Waals surface area contributed by atoms with Gasteiger partial charge in [-0.1, -0.05) is 30.3 Å². The number of halogens is 2. The Bertz CT molecular complexity index is 753. The molecule has 1 heterocycles. The van der Waals surface area contributed by atoms with Crippen LogP contribution in [0, 0.1) is 0 Å². The molecule has 0 spiro atoms. The number of benzene rings is 2. The average molecular weight is 368 g/mol. The van der Waals surface area contributed by atoms with Crippen LogP contribution in [0.5, 0.6) is 5.75 Å². The van der Waals surface area contributed by atoms with Crippen LogP contribution in [0.1, 0.15) is 16.5 Å². The first-order chi connectivity index (χ1) is 9.72. The summed E-state index contributed by atoms with van der Waals surface area (Å²) < 4.78 is 7.74. The van der Waals surface area contributed by atoms with Crippen molar-refractivity contribution in [2.75, 3.05) is 7.11 Å². The van der Waals surface area contributed by atoms with Crippen molar-refractivity contribution in [1.82, 2.24) is 0 Å². The fourth-order valence-corrected chi connectivity index (χ4v) is 4.36. The number of alkyl halides is 1. The molecule has 0 amide bonds. The Hall–Kier alpha value is -1.03. The molecule has 4 heteroatoms. The zero-order valence-corrected chi connectivity index (χ0v) is 13.9. The van der Waals surface area contributed by atoms with Crippen LogP contribution in [0.4, 0.5) is 0 Å². The Balaban J connectivity index is 2.13. The second kappa shape index (κ2) is 5.76. The van der Waals surface area contributed by atoms with Crippen molar-refractivity contribution >= 4 is 49.0 Å². The van der Waals surface area contributed by atoms with Crippen molar-refractivity contribution in [1.29, 1.82) is 0 Å². The van der Waals surface area contributed by atoms with Crippen molar-refractivity contribution < 1.29 is 4.74 Å². The molecule has 1 aromatic heterocycles. The Labute approximate surface area is 135 Å². The van der Waals surface area contributed by atoms with Crippen molar-refractivity contribution in [2.45, 2.75) is 5.38 Å². The number of thiophene rings is 1. The molecule has 0 fully saturated rings. The van der Waals surface area contributed by atoms with Gasteiger partial charge in [0.15, 0.2) is 0 Å². The number of rotatable bonds is 3. The van der Waals surface area contributed by atoms with E-state index in [2.05, 4.69) is 33.4 Å². The van der Waals surface area contributed by atoms with E-state index in [0.29, 0.717) is 0 Å². The third kappa shape index (κ3) is 2.34. The molecule has 3 aromatic rings. The Morgan fingerprint density at radius 3 is 2.70 bits per heavy atom. The first kappa shape index (κ1) is 13.9. The molecule has 1 atom stereocenters. The maximum atomic E-state index is 6.70.